The van der Waals surface area contributed by atoms with Crippen molar-refractivity contribution in [2.24, 2.45) is 0 Å². The Bertz CT molecular complexity index is 11.6. The summed E-state index contributed by atoms with van der Waals surface area (Å²) in [5.41, 5.74) is 0. The van der Waals surface area contributed by atoms with Gasteiger partial charge in [-0.2, -0.15) is 0 Å². The van der Waals surface area contributed by atoms with Gasteiger partial charge in [-0.05, 0) is 0 Å². The average molecular weight is 239 g/mol. The van der Waals surface area contributed by atoms with Gasteiger partial charge >= 0.3 is 99.0 Å². The Labute approximate surface area is 113 Å². The Kier molecular flexibility index (Phi) is 129. The van der Waals surface area contributed by atoms with Crippen molar-refractivity contribution in [1.82, 2.24) is 0 Å². The van der Waals surface area contributed by atoms with Gasteiger partial charge in [-0.1, -0.05) is 0 Å². The molecule has 24 valence electrons. The maximum absolute atomic E-state index is 8.00. The summed E-state index contributed by atoms with van der Waals surface area (Å²) in [6.45, 7) is 0. The van der Waals surface area contributed by atoms with E-state index in [-0.39, 0.29) is 104 Å². The van der Waals surface area contributed by atoms with E-state index in [1.807, 2.05) is 7.72 Å². The van der Waals surface area contributed by atoms with Crippen LogP contribution in [0.1, 0.15) is 0 Å². The second-order valence-corrected chi connectivity index (χ2v) is 0. The Morgan fingerprint density at radius 2 is 1.20 bits per heavy atom. The van der Waals surface area contributed by atoms with Crippen LogP contribution in [-0.4, -0.2) is 112 Å². The predicted molar refractivity (Wildman–Crippen MR) is 34.9 cm³/mol. The molecule has 0 bridgehead atoms. The van der Waals surface area contributed by atoms with Gasteiger partial charge < -0.3 is 0 Å². The van der Waals surface area contributed by atoms with Crippen LogP contribution >= 0.6 is 0 Å². The number of hydrogen-bond acceptors (Lipinski definition) is 1. The van der Waals surface area contributed by atoms with Gasteiger partial charge in [0.1, 0.15) is 0 Å². The van der Waals surface area contributed by atoms with Gasteiger partial charge in [-0.25, -0.2) is 0 Å². The first kappa shape index (κ1) is 24.0. The molecule has 0 saturated carbocycles. The third kappa shape index (κ3) is 19.0. The summed E-state index contributed by atoms with van der Waals surface area (Å²) in [4.78, 5) is 0. The first-order valence-corrected chi connectivity index (χ1v) is 0.289. The summed E-state index contributed by atoms with van der Waals surface area (Å²) in [6.07, 6.45) is 0. The molecule has 0 aliphatic rings. The second-order valence-electron chi connectivity index (χ2n) is 0. The Balaban J connectivity index is -0.00000000167. The topological polar surface area (TPSA) is 17.1 Å². The van der Waals surface area contributed by atoms with Crippen LogP contribution in [0.3, 0.4) is 0 Å². The van der Waals surface area contributed by atoms with Gasteiger partial charge in [0.2, 0.25) is 0 Å². The SMILES string of the molecule is B=O.[AlH3].[BaH2].[CaH2]. The van der Waals surface area contributed by atoms with E-state index >= 15 is 0 Å². The molecular formula is H8AlBBaCaO. The molecule has 0 unspecified atom stereocenters. The van der Waals surface area contributed by atoms with Gasteiger partial charge in [0.15, 0.2) is 17.4 Å². The normalized spacial score (nSPS) is 0.600. The van der Waals surface area contributed by atoms with E-state index in [0.29, 0.717) is 0 Å². The van der Waals surface area contributed by atoms with Gasteiger partial charge in [-0.15, -0.1) is 0 Å². The van der Waals surface area contributed by atoms with Crippen LogP contribution in [0.25, 0.3) is 0 Å². The molecule has 0 aromatic heterocycles. The third-order valence-electron chi connectivity index (χ3n) is 0. The van der Waals surface area contributed by atoms with Gasteiger partial charge in [0.25, 0.3) is 0 Å². The van der Waals surface area contributed by atoms with Crippen molar-refractivity contribution in [1.29, 1.82) is 0 Å². The minimum atomic E-state index is 0. The Hall–Kier alpha value is 3.23. The van der Waals surface area contributed by atoms with Crippen molar-refractivity contribution in [2.45, 2.75) is 0 Å². The number of hydrogen-bond donors (Lipinski definition) is 0. The monoisotopic (exact) mass is 240 g/mol. The van der Waals surface area contributed by atoms with E-state index in [9.17, 15) is 0 Å². The summed E-state index contributed by atoms with van der Waals surface area (Å²) >= 11 is 0. The zero-order valence-corrected chi connectivity index (χ0v) is 1.12. The summed E-state index contributed by atoms with van der Waals surface area (Å²) in [7, 11) is 2.00. The molecule has 0 radical (unpaired) electrons. The molecule has 0 aliphatic heterocycles. The number of rotatable bonds is 0. The van der Waals surface area contributed by atoms with E-state index in [1.165, 1.54) is 0 Å². The van der Waals surface area contributed by atoms with E-state index in [0.717, 1.165) is 0 Å². The molecule has 5 heteroatoms. The summed E-state index contributed by atoms with van der Waals surface area (Å²) in [5, 5.41) is 0. The van der Waals surface area contributed by atoms with Crippen molar-refractivity contribution >= 4 is 112 Å². The van der Waals surface area contributed by atoms with Crippen LogP contribution in [0, 0.1) is 0 Å². The van der Waals surface area contributed by atoms with Gasteiger partial charge in [0.05, 0.1) is 0 Å². The molecule has 0 aromatic carbocycles. The fraction of sp³-hybridized carbons (Fsp3) is 0. The second kappa shape index (κ2) is 26.9. The fourth-order valence-electron chi connectivity index (χ4n) is 0. The van der Waals surface area contributed by atoms with Gasteiger partial charge in [-0.3, -0.25) is 0 Å². The van der Waals surface area contributed by atoms with Crippen molar-refractivity contribution in [3.05, 3.63) is 0 Å². The molecule has 0 amide bonds. The predicted octanol–water partition coefficient (Wildman–Crippen LogP) is -3.78. The minimum absolute atomic E-state index is 0. The van der Waals surface area contributed by atoms with Crippen LogP contribution in [0.2, 0.25) is 0 Å². The molecule has 0 aromatic rings. The van der Waals surface area contributed by atoms with Crippen molar-refractivity contribution in [3.63, 3.8) is 0 Å². The summed E-state index contributed by atoms with van der Waals surface area (Å²) < 4.78 is 8.00. The average Bonchev–Trinajstić information content (AvgIpc) is 1.00. The van der Waals surface area contributed by atoms with Crippen molar-refractivity contribution in [2.75, 3.05) is 0 Å². The standard InChI is InChI=1S/Al.BHO.Ba.Ca.7H/c;1-2;;;;;;;;;/h;1H;;;;;;;;;. The van der Waals surface area contributed by atoms with Crippen molar-refractivity contribution < 1.29 is 4.70 Å². The zero-order chi connectivity index (χ0) is 2.00. The zero-order valence-electron chi connectivity index (χ0n) is 1.12. The first-order chi connectivity index (χ1) is 1.00. The van der Waals surface area contributed by atoms with Crippen LogP contribution in [0.5, 0.6) is 0 Å². The summed E-state index contributed by atoms with van der Waals surface area (Å²) in [6, 6.07) is 0. The summed E-state index contributed by atoms with van der Waals surface area (Å²) in [5.74, 6) is 0. The Morgan fingerprint density at radius 1 is 1.20 bits per heavy atom. The Morgan fingerprint density at radius 3 is 1.20 bits per heavy atom. The molecule has 0 rings (SSSR count). The van der Waals surface area contributed by atoms with Crippen molar-refractivity contribution in [3.8, 4) is 0 Å². The van der Waals surface area contributed by atoms with E-state index in [1.54, 1.807) is 0 Å². The van der Waals surface area contributed by atoms with Crippen LogP contribution in [0.15, 0.2) is 0 Å². The molecule has 0 fully saturated rings. The van der Waals surface area contributed by atoms with E-state index in [2.05, 4.69) is 0 Å². The molecule has 5 heavy (non-hydrogen) atoms. The molecule has 0 saturated heterocycles. The molecule has 0 heterocycles. The van der Waals surface area contributed by atoms with E-state index in [4.69, 9.17) is 4.70 Å². The maximum atomic E-state index is 8.00. The first-order valence-electron chi connectivity index (χ1n) is 0.289. The molecule has 1 nitrogen and oxygen atoms in total. The molecule has 0 aliphatic carbocycles. The van der Waals surface area contributed by atoms with Crippen LogP contribution in [0.4, 0.5) is 0 Å². The van der Waals surface area contributed by atoms with E-state index < -0.39 is 0 Å². The van der Waals surface area contributed by atoms with Crippen LogP contribution < -0.4 is 0 Å². The molecular weight excluding hydrogens is 231 g/mol. The molecule has 0 atom stereocenters. The third-order valence-corrected chi connectivity index (χ3v) is 0. The fourth-order valence-corrected chi connectivity index (χ4v) is 0. The molecule has 0 N–H and O–H groups in total. The van der Waals surface area contributed by atoms with Crippen LogP contribution in [-0.2, 0) is 4.70 Å². The quantitative estimate of drug-likeness (QED) is 0.397. The molecule has 0 spiro atoms. The van der Waals surface area contributed by atoms with Gasteiger partial charge in [0, 0.05) is 0 Å².